The van der Waals surface area contributed by atoms with Crippen molar-refractivity contribution in [1.82, 2.24) is 10.2 Å². The first kappa shape index (κ1) is 34.5. The smallest absolute Gasteiger partial charge is 0.416 e. The number of hydrogen-bond donors (Lipinski definition) is 5. The molecule has 0 radical (unpaired) electrons. The summed E-state index contributed by atoms with van der Waals surface area (Å²) in [4.78, 5) is 37.8. The van der Waals surface area contributed by atoms with E-state index >= 15 is 0 Å². The fraction of sp³-hybridized carbons (Fsp3) is 0.444. The van der Waals surface area contributed by atoms with Crippen LogP contribution in [0.1, 0.15) is 24.5 Å². The molecule has 0 spiro atoms. The summed E-state index contributed by atoms with van der Waals surface area (Å²) >= 11 is 0. The van der Waals surface area contributed by atoms with Crippen LogP contribution in [0.5, 0.6) is 5.75 Å². The number of likely N-dealkylation sites (N-methyl/N-ethyl adjacent to an activating group) is 1. The molecule has 2 aromatic carbocycles. The summed E-state index contributed by atoms with van der Waals surface area (Å²) in [6.45, 7) is 5.63. The zero-order chi connectivity index (χ0) is 30.1. The minimum absolute atomic E-state index is 0.0828. The molecule has 0 saturated carbocycles. The SMILES string of the molecule is CCOc1ccc(NC(=O)C(Cc2ccc(C(F)(F)F)cc2)NC(=O)C(N)CC=O)cc1.CN(CCN)CCN. The number of rotatable bonds is 14. The molecule has 0 aliphatic heterocycles. The quantitative estimate of drug-likeness (QED) is 0.214. The van der Waals surface area contributed by atoms with Gasteiger partial charge in [0.1, 0.15) is 18.1 Å². The summed E-state index contributed by atoms with van der Waals surface area (Å²) in [6.07, 6.45) is -4.33. The van der Waals surface area contributed by atoms with E-state index in [1.165, 1.54) is 12.1 Å². The van der Waals surface area contributed by atoms with Crippen molar-refractivity contribution in [3.8, 4) is 5.75 Å². The van der Waals surface area contributed by atoms with Crippen LogP contribution < -0.4 is 32.6 Å². The maximum absolute atomic E-state index is 12.8. The van der Waals surface area contributed by atoms with Gasteiger partial charge in [0, 0.05) is 44.7 Å². The van der Waals surface area contributed by atoms with Crippen LogP contribution in [0, 0.1) is 0 Å². The van der Waals surface area contributed by atoms with Gasteiger partial charge in [0.15, 0.2) is 0 Å². The molecule has 10 nitrogen and oxygen atoms in total. The van der Waals surface area contributed by atoms with Crippen molar-refractivity contribution in [3.05, 3.63) is 59.7 Å². The third-order valence-corrected chi connectivity index (χ3v) is 5.50. The lowest BCUT2D eigenvalue weighted by Gasteiger charge is -2.21. The van der Waals surface area contributed by atoms with Crippen LogP contribution in [0.2, 0.25) is 0 Å². The average molecular weight is 569 g/mol. The van der Waals surface area contributed by atoms with E-state index in [-0.39, 0.29) is 12.8 Å². The van der Waals surface area contributed by atoms with Crippen LogP contribution in [0.3, 0.4) is 0 Å². The van der Waals surface area contributed by atoms with E-state index in [2.05, 4.69) is 15.5 Å². The predicted molar refractivity (Wildman–Crippen MR) is 148 cm³/mol. The van der Waals surface area contributed by atoms with E-state index in [0.717, 1.165) is 38.3 Å². The summed E-state index contributed by atoms with van der Waals surface area (Å²) in [7, 11) is 2.01. The van der Waals surface area contributed by atoms with Gasteiger partial charge in [-0.3, -0.25) is 9.59 Å². The van der Waals surface area contributed by atoms with Gasteiger partial charge in [0.05, 0.1) is 18.2 Å². The third kappa shape index (κ3) is 13.0. The van der Waals surface area contributed by atoms with E-state index in [1.54, 1.807) is 24.3 Å². The van der Waals surface area contributed by atoms with Crippen molar-refractivity contribution >= 4 is 23.8 Å². The number of nitrogens with two attached hydrogens (primary N) is 3. The van der Waals surface area contributed by atoms with Crippen molar-refractivity contribution in [2.75, 3.05) is 45.2 Å². The minimum atomic E-state index is -4.49. The number of anilines is 1. The number of hydrogen-bond acceptors (Lipinski definition) is 8. The molecule has 2 atom stereocenters. The number of aldehydes is 1. The number of halogens is 3. The Kier molecular flexibility index (Phi) is 15.5. The normalized spacial score (nSPS) is 12.5. The average Bonchev–Trinajstić information content (AvgIpc) is 2.90. The monoisotopic (exact) mass is 568 g/mol. The van der Waals surface area contributed by atoms with Gasteiger partial charge in [0.25, 0.3) is 0 Å². The van der Waals surface area contributed by atoms with Crippen LogP contribution in [-0.2, 0) is 27.0 Å². The van der Waals surface area contributed by atoms with Crippen LogP contribution in [0.15, 0.2) is 48.5 Å². The molecule has 0 aliphatic carbocycles. The molecule has 0 aromatic heterocycles. The number of amides is 2. The molecule has 2 rings (SSSR count). The number of nitrogens with one attached hydrogen (secondary N) is 2. The molecule has 40 heavy (non-hydrogen) atoms. The van der Waals surface area contributed by atoms with E-state index in [1.807, 2.05) is 14.0 Å². The standard InChI is InChI=1S/C22H24F3N3O4.C5H15N3/c1-2-32-17-9-7-16(8-10-17)27-21(31)19(28-20(30)18(26)11-12-29)13-14-3-5-15(6-4-14)22(23,24)25;1-8(4-2-6)5-3-7/h3-10,12,18-19H,2,11,13,26H2,1H3,(H,27,31)(H,28,30);2-7H2,1H3. The Labute approximate surface area is 232 Å². The van der Waals surface area contributed by atoms with Crippen molar-refractivity contribution in [3.63, 3.8) is 0 Å². The van der Waals surface area contributed by atoms with Gasteiger partial charge in [-0.1, -0.05) is 12.1 Å². The summed E-state index contributed by atoms with van der Waals surface area (Å²) in [5.41, 5.74) is 16.2. The second-order valence-corrected chi connectivity index (χ2v) is 8.80. The fourth-order valence-corrected chi connectivity index (χ4v) is 3.35. The first-order valence-corrected chi connectivity index (χ1v) is 12.7. The topological polar surface area (TPSA) is 166 Å². The van der Waals surface area contributed by atoms with Gasteiger partial charge in [-0.2, -0.15) is 13.2 Å². The Hall–Kier alpha value is -3.52. The highest BCUT2D eigenvalue weighted by Gasteiger charge is 2.30. The first-order valence-electron chi connectivity index (χ1n) is 12.7. The molecule has 222 valence electrons. The molecule has 0 aliphatic rings. The Morgan fingerprint density at radius 3 is 2.05 bits per heavy atom. The largest absolute Gasteiger partial charge is 0.494 e. The summed E-state index contributed by atoms with van der Waals surface area (Å²) in [6, 6.07) is 8.51. The highest BCUT2D eigenvalue weighted by Crippen LogP contribution is 2.29. The molecule has 0 fully saturated rings. The van der Waals surface area contributed by atoms with Gasteiger partial charge in [-0.25, -0.2) is 0 Å². The van der Waals surface area contributed by atoms with Crippen LogP contribution in [0.4, 0.5) is 18.9 Å². The second kappa shape index (κ2) is 17.9. The molecular formula is C27H39F3N6O4. The summed E-state index contributed by atoms with van der Waals surface area (Å²) < 4.78 is 43.7. The molecule has 0 bridgehead atoms. The Morgan fingerprint density at radius 1 is 1.00 bits per heavy atom. The predicted octanol–water partition coefficient (Wildman–Crippen LogP) is 1.52. The highest BCUT2D eigenvalue weighted by atomic mass is 19.4. The maximum Gasteiger partial charge on any atom is 0.416 e. The number of benzene rings is 2. The van der Waals surface area contributed by atoms with E-state index < -0.39 is 35.6 Å². The zero-order valence-corrected chi connectivity index (χ0v) is 22.7. The van der Waals surface area contributed by atoms with Crippen LogP contribution >= 0.6 is 0 Å². The number of ether oxygens (including phenoxy) is 1. The van der Waals surface area contributed by atoms with Gasteiger partial charge in [-0.05, 0) is 55.9 Å². The lowest BCUT2D eigenvalue weighted by molar-refractivity contribution is -0.137. The van der Waals surface area contributed by atoms with Crippen molar-refractivity contribution in [2.45, 2.75) is 38.0 Å². The number of carbonyl (C=O) groups excluding carboxylic acids is 3. The molecule has 2 aromatic rings. The van der Waals surface area contributed by atoms with Crippen LogP contribution in [-0.4, -0.2) is 74.9 Å². The molecule has 0 saturated heterocycles. The molecule has 13 heteroatoms. The lowest BCUT2D eigenvalue weighted by atomic mass is 10.0. The van der Waals surface area contributed by atoms with E-state index in [4.69, 9.17) is 21.9 Å². The number of nitrogens with zero attached hydrogens (tertiary/aromatic N) is 1. The fourth-order valence-electron chi connectivity index (χ4n) is 3.35. The third-order valence-electron chi connectivity index (χ3n) is 5.50. The highest BCUT2D eigenvalue weighted by molar-refractivity contribution is 5.98. The van der Waals surface area contributed by atoms with Crippen molar-refractivity contribution in [2.24, 2.45) is 17.2 Å². The molecule has 0 heterocycles. The Morgan fingerprint density at radius 2 is 1.57 bits per heavy atom. The molecule has 2 amide bonds. The van der Waals surface area contributed by atoms with E-state index in [0.29, 0.717) is 29.9 Å². The number of carbonyl (C=O) groups is 3. The number of alkyl halides is 3. The summed E-state index contributed by atoms with van der Waals surface area (Å²) in [5, 5.41) is 5.11. The maximum atomic E-state index is 12.8. The Balaban J connectivity index is 0.000000869. The van der Waals surface area contributed by atoms with Crippen LogP contribution in [0.25, 0.3) is 0 Å². The van der Waals surface area contributed by atoms with Gasteiger partial charge >= 0.3 is 6.18 Å². The van der Waals surface area contributed by atoms with Crippen molar-refractivity contribution < 1.29 is 32.3 Å². The van der Waals surface area contributed by atoms with Gasteiger partial charge in [0.2, 0.25) is 11.8 Å². The van der Waals surface area contributed by atoms with Gasteiger partial charge in [-0.15, -0.1) is 0 Å². The minimum Gasteiger partial charge on any atom is -0.494 e. The lowest BCUT2D eigenvalue weighted by Crippen LogP contribution is -2.51. The zero-order valence-electron chi connectivity index (χ0n) is 22.7. The van der Waals surface area contributed by atoms with Crippen molar-refractivity contribution in [1.29, 1.82) is 0 Å². The second-order valence-electron chi connectivity index (χ2n) is 8.80. The molecular weight excluding hydrogens is 529 g/mol. The first-order chi connectivity index (χ1) is 18.9. The molecule has 8 N–H and O–H groups in total. The Bertz CT molecular complexity index is 1030. The summed E-state index contributed by atoms with van der Waals surface area (Å²) in [5.74, 6) is -0.712. The van der Waals surface area contributed by atoms with Gasteiger partial charge < -0.3 is 42.3 Å². The van der Waals surface area contributed by atoms with E-state index in [9.17, 15) is 27.6 Å². The molecule has 2 unspecified atom stereocenters.